The van der Waals surface area contributed by atoms with E-state index >= 15 is 0 Å². The lowest BCUT2D eigenvalue weighted by Crippen LogP contribution is -2.33. The van der Waals surface area contributed by atoms with Crippen molar-refractivity contribution in [1.82, 2.24) is 4.90 Å². The minimum atomic E-state index is -0.160. The Morgan fingerprint density at radius 1 is 1.54 bits per heavy atom. The van der Waals surface area contributed by atoms with Gasteiger partial charge in [-0.3, -0.25) is 0 Å². The van der Waals surface area contributed by atoms with Gasteiger partial charge >= 0.3 is 0 Å². The molecule has 2 aliphatic heterocycles. The first-order valence-electron chi connectivity index (χ1n) is 4.55. The first-order valence-corrected chi connectivity index (χ1v) is 5.43. The Hall–Kier alpha value is -0.410. The van der Waals surface area contributed by atoms with Crippen molar-refractivity contribution in [2.24, 2.45) is 0 Å². The third kappa shape index (κ3) is 1.40. The molecule has 0 radical (unpaired) electrons. The summed E-state index contributed by atoms with van der Waals surface area (Å²) >= 11 is 1.81. The van der Waals surface area contributed by atoms with E-state index in [4.69, 9.17) is 4.74 Å². The van der Waals surface area contributed by atoms with Crippen molar-refractivity contribution >= 4 is 11.8 Å². The number of rotatable bonds is 2. The summed E-state index contributed by atoms with van der Waals surface area (Å²) in [6, 6.07) is 0. The largest absolute Gasteiger partial charge is 0.373 e. The van der Waals surface area contributed by atoms with Crippen molar-refractivity contribution in [1.29, 1.82) is 0 Å². The molecule has 0 bridgehead atoms. The highest BCUT2D eigenvalue weighted by Crippen LogP contribution is 2.42. The first-order chi connectivity index (χ1) is 6.15. The number of methoxy groups -OCH3 is 1. The van der Waals surface area contributed by atoms with Crippen LogP contribution >= 0.6 is 11.8 Å². The molecular weight excluding hydrogens is 182 g/mol. The van der Waals surface area contributed by atoms with Crippen LogP contribution in [-0.4, -0.2) is 24.2 Å². The second-order valence-electron chi connectivity index (χ2n) is 3.82. The van der Waals surface area contributed by atoms with Crippen LogP contribution < -0.4 is 0 Å². The van der Waals surface area contributed by atoms with Gasteiger partial charge in [-0.2, -0.15) is 0 Å². The van der Waals surface area contributed by atoms with Gasteiger partial charge in [-0.25, -0.2) is 0 Å². The monoisotopic (exact) mass is 197 g/mol. The fraction of sp³-hybridized carbons (Fsp3) is 0.600. The molecule has 0 aromatic carbocycles. The predicted molar refractivity (Wildman–Crippen MR) is 56.2 cm³/mol. The van der Waals surface area contributed by atoms with Crippen molar-refractivity contribution in [3.63, 3.8) is 0 Å². The fourth-order valence-corrected chi connectivity index (χ4v) is 2.81. The Morgan fingerprint density at radius 2 is 2.31 bits per heavy atom. The van der Waals surface area contributed by atoms with E-state index in [1.165, 1.54) is 17.1 Å². The maximum Gasteiger partial charge on any atom is 0.103 e. The lowest BCUT2D eigenvalue weighted by atomic mass is 10.1. The minimum absolute atomic E-state index is 0.160. The minimum Gasteiger partial charge on any atom is -0.373 e. The number of hydrogen-bond donors (Lipinski definition) is 0. The van der Waals surface area contributed by atoms with Gasteiger partial charge in [0.2, 0.25) is 0 Å². The molecule has 0 aromatic heterocycles. The van der Waals surface area contributed by atoms with Crippen LogP contribution in [0.15, 0.2) is 22.2 Å². The SMILES string of the molecule is COC(C)(C)C1=CSC2=CCCN21. The number of thioether (sulfide) groups is 1. The Labute approximate surface area is 83.6 Å². The van der Waals surface area contributed by atoms with Gasteiger partial charge in [-0.1, -0.05) is 17.8 Å². The molecule has 0 saturated heterocycles. The summed E-state index contributed by atoms with van der Waals surface area (Å²) in [5.74, 6) is 0. The molecule has 0 saturated carbocycles. The molecule has 0 spiro atoms. The van der Waals surface area contributed by atoms with E-state index in [1.807, 2.05) is 11.8 Å². The Morgan fingerprint density at radius 3 is 3.00 bits per heavy atom. The first kappa shape index (κ1) is 9.16. The highest BCUT2D eigenvalue weighted by molar-refractivity contribution is 8.06. The average molecular weight is 197 g/mol. The standard InChI is InChI=1S/C10H15NOS/c1-10(2,12-3)8-7-13-9-5-4-6-11(8)9/h5,7H,4,6H2,1-3H3. The molecule has 2 rings (SSSR count). The van der Waals surface area contributed by atoms with Crippen LogP contribution in [0.5, 0.6) is 0 Å². The number of hydrogen-bond acceptors (Lipinski definition) is 3. The smallest absolute Gasteiger partial charge is 0.103 e. The summed E-state index contributed by atoms with van der Waals surface area (Å²) in [4.78, 5) is 2.36. The van der Waals surface area contributed by atoms with Gasteiger partial charge in [0.15, 0.2) is 0 Å². The lowest BCUT2D eigenvalue weighted by Gasteiger charge is -2.31. The number of ether oxygens (including phenoxy) is 1. The highest BCUT2D eigenvalue weighted by atomic mass is 32.2. The van der Waals surface area contributed by atoms with E-state index in [1.54, 1.807) is 7.11 Å². The number of fused-ring (bicyclic) bond motifs is 1. The Kier molecular flexibility index (Phi) is 2.16. The van der Waals surface area contributed by atoms with E-state index in [0.29, 0.717) is 0 Å². The van der Waals surface area contributed by atoms with E-state index in [9.17, 15) is 0 Å². The molecular formula is C10H15NOS. The molecule has 0 amide bonds. The Balaban J connectivity index is 2.22. The third-order valence-electron chi connectivity index (χ3n) is 2.65. The van der Waals surface area contributed by atoms with Crippen LogP contribution in [0.25, 0.3) is 0 Å². The molecule has 2 nitrogen and oxygen atoms in total. The molecule has 0 aliphatic carbocycles. The van der Waals surface area contributed by atoms with Gasteiger partial charge in [0.25, 0.3) is 0 Å². The van der Waals surface area contributed by atoms with Crippen LogP contribution in [0, 0.1) is 0 Å². The summed E-state index contributed by atoms with van der Waals surface area (Å²) in [6.45, 7) is 5.34. The topological polar surface area (TPSA) is 12.5 Å². The van der Waals surface area contributed by atoms with Crippen LogP contribution in [-0.2, 0) is 4.74 Å². The van der Waals surface area contributed by atoms with Crippen molar-refractivity contribution in [2.45, 2.75) is 25.9 Å². The molecule has 3 heteroatoms. The summed E-state index contributed by atoms with van der Waals surface area (Å²) in [5.41, 5.74) is 1.14. The van der Waals surface area contributed by atoms with Crippen molar-refractivity contribution in [2.75, 3.05) is 13.7 Å². The molecule has 0 N–H and O–H groups in total. The van der Waals surface area contributed by atoms with Gasteiger partial charge in [0.1, 0.15) is 5.60 Å². The zero-order valence-electron chi connectivity index (χ0n) is 8.33. The van der Waals surface area contributed by atoms with Crippen LogP contribution in [0.4, 0.5) is 0 Å². The maximum absolute atomic E-state index is 5.48. The molecule has 72 valence electrons. The maximum atomic E-state index is 5.48. The van der Waals surface area contributed by atoms with Crippen molar-refractivity contribution in [3.8, 4) is 0 Å². The zero-order chi connectivity index (χ0) is 9.47. The van der Waals surface area contributed by atoms with Gasteiger partial charge in [0.05, 0.1) is 10.7 Å². The molecule has 0 unspecified atom stereocenters. The van der Waals surface area contributed by atoms with Gasteiger partial charge in [-0.15, -0.1) is 0 Å². The molecule has 2 heterocycles. The third-order valence-corrected chi connectivity index (χ3v) is 3.62. The lowest BCUT2D eigenvalue weighted by molar-refractivity contribution is 0.0372. The summed E-state index contributed by atoms with van der Waals surface area (Å²) in [5, 5.41) is 3.58. The zero-order valence-corrected chi connectivity index (χ0v) is 9.15. The van der Waals surface area contributed by atoms with Crippen molar-refractivity contribution in [3.05, 3.63) is 22.2 Å². The molecule has 2 aliphatic rings. The Bertz CT molecular complexity index is 281. The van der Waals surface area contributed by atoms with Crippen LogP contribution in [0.3, 0.4) is 0 Å². The van der Waals surface area contributed by atoms with E-state index in [2.05, 4.69) is 30.2 Å². The van der Waals surface area contributed by atoms with E-state index in [0.717, 1.165) is 6.54 Å². The van der Waals surface area contributed by atoms with E-state index < -0.39 is 0 Å². The van der Waals surface area contributed by atoms with Gasteiger partial charge < -0.3 is 9.64 Å². The highest BCUT2D eigenvalue weighted by Gasteiger charge is 2.34. The predicted octanol–water partition coefficient (Wildman–Crippen LogP) is 2.55. The van der Waals surface area contributed by atoms with E-state index in [-0.39, 0.29) is 5.60 Å². The molecule has 0 aromatic rings. The quantitative estimate of drug-likeness (QED) is 0.675. The van der Waals surface area contributed by atoms with Gasteiger partial charge in [-0.05, 0) is 25.7 Å². The number of nitrogens with zero attached hydrogens (tertiary/aromatic N) is 1. The van der Waals surface area contributed by atoms with Crippen molar-refractivity contribution < 1.29 is 4.74 Å². The fourth-order valence-electron chi connectivity index (χ4n) is 1.64. The second kappa shape index (κ2) is 3.07. The van der Waals surface area contributed by atoms with Crippen LogP contribution in [0.2, 0.25) is 0 Å². The summed E-state index contributed by atoms with van der Waals surface area (Å²) < 4.78 is 5.48. The average Bonchev–Trinajstić information content (AvgIpc) is 2.62. The molecule has 0 fully saturated rings. The van der Waals surface area contributed by atoms with Gasteiger partial charge in [0, 0.05) is 13.7 Å². The summed E-state index contributed by atoms with van der Waals surface area (Å²) in [6.07, 6.45) is 3.46. The molecule has 0 atom stereocenters. The normalized spacial score (nSPS) is 21.6. The second-order valence-corrected chi connectivity index (χ2v) is 4.71. The molecule has 13 heavy (non-hydrogen) atoms. The summed E-state index contributed by atoms with van der Waals surface area (Å²) in [7, 11) is 1.77. The van der Waals surface area contributed by atoms with Crippen LogP contribution in [0.1, 0.15) is 20.3 Å².